The normalized spacial score (nSPS) is 11.2. The van der Waals surface area contributed by atoms with Crippen molar-refractivity contribution in [2.45, 2.75) is 6.18 Å². The van der Waals surface area contributed by atoms with Crippen molar-refractivity contribution in [2.75, 3.05) is 17.7 Å². The molecule has 0 atom stereocenters. The van der Waals surface area contributed by atoms with Crippen LogP contribution in [0.15, 0.2) is 30.6 Å². The topological polar surface area (TPSA) is 49.8 Å². The van der Waals surface area contributed by atoms with E-state index >= 15 is 0 Å². The number of nitrogens with one attached hydrogen (secondary N) is 2. The summed E-state index contributed by atoms with van der Waals surface area (Å²) in [6.07, 6.45) is -1.73. The van der Waals surface area contributed by atoms with Crippen molar-refractivity contribution in [3.8, 4) is 0 Å². The van der Waals surface area contributed by atoms with Crippen LogP contribution < -0.4 is 10.6 Å². The highest BCUT2D eigenvalue weighted by Gasteiger charge is 2.33. The number of nitrogens with zero attached hydrogens (tertiary/aromatic N) is 2. The Labute approximate surface area is 118 Å². The summed E-state index contributed by atoms with van der Waals surface area (Å²) in [6.45, 7) is 0. The molecule has 1 heterocycles. The lowest BCUT2D eigenvalue weighted by Gasteiger charge is -2.14. The van der Waals surface area contributed by atoms with Crippen LogP contribution in [0.2, 0.25) is 5.02 Å². The van der Waals surface area contributed by atoms with Crippen molar-refractivity contribution in [3.05, 3.63) is 41.2 Å². The first kappa shape index (κ1) is 14.4. The third kappa shape index (κ3) is 3.30. The molecule has 0 saturated heterocycles. The standard InChI is InChI=1S/C12H10ClF3N4/c1-17-10-5-18-6-11(20-10)19-9-3-2-7(13)4-8(9)12(14,15)16/h2-6H,1H3,(H2,17,19,20). The highest BCUT2D eigenvalue weighted by atomic mass is 35.5. The van der Waals surface area contributed by atoms with E-state index in [-0.39, 0.29) is 16.5 Å². The predicted octanol–water partition coefficient (Wildman–Crippen LogP) is 3.93. The molecule has 0 aliphatic carbocycles. The van der Waals surface area contributed by atoms with E-state index in [9.17, 15) is 13.2 Å². The maximum Gasteiger partial charge on any atom is 0.418 e. The van der Waals surface area contributed by atoms with Gasteiger partial charge in [0.2, 0.25) is 0 Å². The van der Waals surface area contributed by atoms with Gasteiger partial charge in [-0.25, -0.2) is 4.98 Å². The van der Waals surface area contributed by atoms with Gasteiger partial charge in [0, 0.05) is 12.1 Å². The molecule has 0 saturated carbocycles. The Kier molecular flexibility index (Phi) is 3.99. The largest absolute Gasteiger partial charge is 0.418 e. The van der Waals surface area contributed by atoms with Gasteiger partial charge >= 0.3 is 6.18 Å². The molecule has 0 bridgehead atoms. The number of alkyl halides is 3. The van der Waals surface area contributed by atoms with Crippen LogP contribution in [-0.2, 0) is 6.18 Å². The van der Waals surface area contributed by atoms with Gasteiger partial charge in [0.05, 0.1) is 23.6 Å². The molecule has 8 heteroatoms. The van der Waals surface area contributed by atoms with Crippen LogP contribution in [0.1, 0.15) is 5.56 Å². The van der Waals surface area contributed by atoms with Gasteiger partial charge in [0.25, 0.3) is 0 Å². The first-order chi connectivity index (χ1) is 9.40. The molecule has 0 aliphatic rings. The van der Waals surface area contributed by atoms with Crippen LogP contribution in [0.4, 0.5) is 30.5 Å². The first-order valence-corrected chi connectivity index (χ1v) is 5.91. The zero-order valence-electron chi connectivity index (χ0n) is 10.3. The number of rotatable bonds is 3. The highest BCUT2D eigenvalue weighted by Crippen LogP contribution is 2.37. The molecule has 2 rings (SSSR count). The van der Waals surface area contributed by atoms with Crippen LogP contribution >= 0.6 is 11.6 Å². The quantitative estimate of drug-likeness (QED) is 0.902. The highest BCUT2D eigenvalue weighted by molar-refractivity contribution is 6.30. The average molecular weight is 303 g/mol. The second-order valence-corrected chi connectivity index (χ2v) is 4.29. The Morgan fingerprint density at radius 2 is 1.85 bits per heavy atom. The Morgan fingerprint density at radius 3 is 2.50 bits per heavy atom. The molecule has 0 radical (unpaired) electrons. The molecule has 2 N–H and O–H groups in total. The fraction of sp³-hybridized carbons (Fsp3) is 0.167. The Bertz CT molecular complexity index is 616. The SMILES string of the molecule is CNc1cncc(Nc2ccc(Cl)cc2C(F)(F)F)n1. The molecule has 0 unspecified atom stereocenters. The van der Waals surface area contributed by atoms with Gasteiger partial charge in [0.1, 0.15) is 5.82 Å². The second kappa shape index (κ2) is 5.54. The molecule has 1 aromatic carbocycles. The first-order valence-electron chi connectivity index (χ1n) is 5.53. The van der Waals surface area contributed by atoms with E-state index in [1.807, 2.05) is 0 Å². The van der Waals surface area contributed by atoms with Gasteiger partial charge < -0.3 is 10.6 Å². The predicted molar refractivity (Wildman–Crippen MR) is 71.3 cm³/mol. The van der Waals surface area contributed by atoms with E-state index in [0.717, 1.165) is 6.07 Å². The summed E-state index contributed by atoms with van der Waals surface area (Å²) in [5.74, 6) is 0.641. The minimum Gasteiger partial charge on any atom is -0.372 e. The third-order valence-electron chi connectivity index (χ3n) is 2.44. The minimum absolute atomic E-state index is 0.0120. The molecule has 4 nitrogen and oxygen atoms in total. The minimum atomic E-state index is -4.51. The lowest BCUT2D eigenvalue weighted by molar-refractivity contribution is -0.136. The van der Waals surface area contributed by atoms with Crippen LogP contribution in [0.5, 0.6) is 0 Å². The molecule has 2 aromatic rings. The van der Waals surface area contributed by atoms with E-state index in [1.165, 1.54) is 24.5 Å². The van der Waals surface area contributed by atoms with Gasteiger partial charge in [-0.15, -0.1) is 0 Å². The maximum atomic E-state index is 12.9. The summed E-state index contributed by atoms with van der Waals surface area (Å²) >= 11 is 5.61. The summed E-state index contributed by atoms with van der Waals surface area (Å²) in [5, 5.41) is 5.35. The number of benzene rings is 1. The molecule has 0 amide bonds. The summed E-state index contributed by atoms with van der Waals surface area (Å²) in [4.78, 5) is 7.91. The third-order valence-corrected chi connectivity index (χ3v) is 2.68. The number of hydrogen-bond acceptors (Lipinski definition) is 4. The lowest BCUT2D eigenvalue weighted by Crippen LogP contribution is -2.09. The van der Waals surface area contributed by atoms with Crippen LogP contribution in [-0.4, -0.2) is 17.0 Å². The Morgan fingerprint density at radius 1 is 1.15 bits per heavy atom. The maximum absolute atomic E-state index is 12.9. The van der Waals surface area contributed by atoms with Crippen molar-refractivity contribution >= 4 is 28.9 Å². The smallest absolute Gasteiger partial charge is 0.372 e. The monoisotopic (exact) mass is 302 g/mol. The molecular weight excluding hydrogens is 293 g/mol. The van der Waals surface area contributed by atoms with Crippen molar-refractivity contribution in [1.82, 2.24) is 9.97 Å². The summed E-state index contributed by atoms with van der Waals surface area (Å²) in [7, 11) is 1.64. The zero-order valence-corrected chi connectivity index (χ0v) is 11.0. The van der Waals surface area contributed by atoms with Crippen molar-refractivity contribution in [2.24, 2.45) is 0 Å². The summed E-state index contributed by atoms with van der Waals surface area (Å²) in [5.41, 5.74) is -0.994. The zero-order chi connectivity index (χ0) is 14.8. The summed E-state index contributed by atoms with van der Waals surface area (Å²) < 4.78 is 38.8. The van der Waals surface area contributed by atoms with Crippen LogP contribution in [0.25, 0.3) is 0 Å². The fourth-order valence-corrected chi connectivity index (χ4v) is 1.72. The number of anilines is 3. The van der Waals surface area contributed by atoms with Crippen molar-refractivity contribution in [1.29, 1.82) is 0 Å². The number of aromatic nitrogens is 2. The van der Waals surface area contributed by atoms with Crippen LogP contribution in [0, 0.1) is 0 Å². The molecular formula is C12H10ClF3N4. The van der Waals surface area contributed by atoms with Gasteiger partial charge in [-0.3, -0.25) is 4.98 Å². The van der Waals surface area contributed by atoms with E-state index in [1.54, 1.807) is 7.05 Å². The fourth-order valence-electron chi connectivity index (χ4n) is 1.54. The average Bonchev–Trinajstić information content (AvgIpc) is 2.40. The second-order valence-electron chi connectivity index (χ2n) is 3.85. The Balaban J connectivity index is 2.38. The van der Waals surface area contributed by atoms with E-state index in [4.69, 9.17) is 11.6 Å². The van der Waals surface area contributed by atoms with E-state index < -0.39 is 11.7 Å². The van der Waals surface area contributed by atoms with Crippen LogP contribution in [0.3, 0.4) is 0 Å². The van der Waals surface area contributed by atoms with Gasteiger partial charge in [-0.2, -0.15) is 13.2 Å². The Hall–Kier alpha value is -2.02. The number of halogens is 4. The van der Waals surface area contributed by atoms with E-state index in [0.29, 0.717) is 5.82 Å². The molecule has 0 fully saturated rings. The van der Waals surface area contributed by atoms with Crippen molar-refractivity contribution < 1.29 is 13.2 Å². The van der Waals surface area contributed by atoms with Crippen molar-refractivity contribution in [3.63, 3.8) is 0 Å². The van der Waals surface area contributed by atoms with Gasteiger partial charge in [0.15, 0.2) is 5.82 Å². The van der Waals surface area contributed by atoms with Gasteiger partial charge in [-0.1, -0.05) is 11.6 Å². The lowest BCUT2D eigenvalue weighted by atomic mass is 10.1. The molecule has 1 aromatic heterocycles. The number of hydrogen-bond donors (Lipinski definition) is 2. The molecule has 0 spiro atoms. The molecule has 0 aliphatic heterocycles. The van der Waals surface area contributed by atoms with Gasteiger partial charge in [-0.05, 0) is 18.2 Å². The summed E-state index contributed by atoms with van der Waals surface area (Å²) in [6, 6.07) is 3.48. The van der Waals surface area contributed by atoms with E-state index in [2.05, 4.69) is 20.6 Å². The molecule has 106 valence electrons. The molecule has 20 heavy (non-hydrogen) atoms.